The van der Waals surface area contributed by atoms with Gasteiger partial charge in [0.25, 0.3) is 0 Å². The van der Waals surface area contributed by atoms with Crippen LogP contribution in [-0.2, 0) is 23.1 Å². The van der Waals surface area contributed by atoms with E-state index in [0.717, 1.165) is 23.8 Å². The van der Waals surface area contributed by atoms with Gasteiger partial charge in [0.2, 0.25) is 10.0 Å². The number of hydrogen-bond donors (Lipinski definition) is 0. The van der Waals surface area contributed by atoms with Crippen LogP contribution in [0, 0.1) is 14.1 Å². The van der Waals surface area contributed by atoms with Gasteiger partial charge >= 0.3 is 0 Å². The summed E-state index contributed by atoms with van der Waals surface area (Å²) in [7, 11) is -3.49. The van der Waals surface area contributed by atoms with Gasteiger partial charge in [-0.3, -0.25) is 0 Å². The Morgan fingerprint density at radius 3 is 1.80 bits per heavy atom. The zero-order chi connectivity index (χ0) is 17.8. The fourth-order valence-corrected chi connectivity index (χ4v) is 6.53. The third-order valence-corrected chi connectivity index (χ3v) is 8.89. The Morgan fingerprint density at radius 1 is 0.840 bits per heavy atom. The second-order valence-corrected chi connectivity index (χ2v) is 10.3. The first-order valence-corrected chi connectivity index (χ1v) is 11.4. The Hall–Kier alpha value is -0.710. The number of aryl methyl sites for hydroxylation is 1. The van der Waals surface area contributed by atoms with Gasteiger partial charge in [-0.25, -0.2) is 8.42 Å². The molecular formula is C19H15I2NO2S. The maximum atomic E-state index is 13.1. The van der Waals surface area contributed by atoms with E-state index >= 15 is 0 Å². The molecule has 0 N–H and O–H groups in total. The molecule has 0 amide bonds. The van der Waals surface area contributed by atoms with Gasteiger partial charge in [0.15, 0.2) is 0 Å². The molecule has 6 heteroatoms. The lowest BCUT2D eigenvalue weighted by molar-refractivity contribution is 0.431. The number of rotatable bonds is 2. The molecule has 3 aromatic rings. The predicted octanol–water partition coefficient (Wildman–Crippen LogP) is 5.06. The highest BCUT2D eigenvalue weighted by atomic mass is 127. The first-order valence-electron chi connectivity index (χ1n) is 7.84. The van der Waals surface area contributed by atoms with Gasteiger partial charge in [-0.05, 0) is 86.1 Å². The average Bonchev–Trinajstić information content (AvgIpc) is 3.07. The highest BCUT2D eigenvalue weighted by Gasteiger charge is 2.33. The fourth-order valence-electron chi connectivity index (χ4n) is 3.22. The summed E-state index contributed by atoms with van der Waals surface area (Å²) < 4.78 is 30.0. The minimum absolute atomic E-state index is 0.362. The van der Waals surface area contributed by atoms with E-state index in [9.17, 15) is 8.42 Å². The topological polar surface area (TPSA) is 37.4 Å². The Labute approximate surface area is 174 Å². The Balaban J connectivity index is 1.81. The number of fused-ring (bicyclic) bond motifs is 2. The van der Waals surface area contributed by atoms with Crippen molar-refractivity contribution in [3.63, 3.8) is 0 Å². The highest BCUT2D eigenvalue weighted by molar-refractivity contribution is 14.1. The Morgan fingerprint density at radius 2 is 1.32 bits per heavy atom. The number of nitrogens with zero attached hydrogens (tertiary/aromatic N) is 1. The molecule has 25 heavy (non-hydrogen) atoms. The third-order valence-electron chi connectivity index (χ3n) is 4.62. The molecular weight excluding hydrogens is 560 g/mol. The summed E-state index contributed by atoms with van der Waals surface area (Å²) in [6.45, 7) is 2.83. The Bertz CT molecular complexity index is 1040. The molecule has 0 aromatic heterocycles. The van der Waals surface area contributed by atoms with E-state index < -0.39 is 10.0 Å². The molecule has 0 fully saturated rings. The van der Waals surface area contributed by atoms with Crippen LogP contribution < -0.4 is 0 Å². The molecule has 0 aliphatic carbocycles. The Kier molecular flexibility index (Phi) is 4.58. The summed E-state index contributed by atoms with van der Waals surface area (Å²) in [6, 6.07) is 15.4. The van der Waals surface area contributed by atoms with Crippen molar-refractivity contribution in [1.29, 1.82) is 0 Å². The van der Waals surface area contributed by atoms with E-state index in [0.29, 0.717) is 18.0 Å². The summed E-state index contributed by atoms with van der Waals surface area (Å²) in [4.78, 5) is 0.362. The van der Waals surface area contributed by atoms with Crippen LogP contribution in [0.2, 0.25) is 0 Å². The highest BCUT2D eigenvalue weighted by Crippen LogP contribution is 2.39. The van der Waals surface area contributed by atoms with Gasteiger partial charge in [0.1, 0.15) is 0 Å². The fraction of sp³-hybridized carbons (Fsp3) is 0.158. The smallest absolute Gasteiger partial charge is 0.207 e. The van der Waals surface area contributed by atoms with Gasteiger partial charge < -0.3 is 0 Å². The van der Waals surface area contributed by atoms with Crippen LogP contribution in [0.5, 0.6) is 0 Å². The van der Waals surface area contributed by atoms with Crippen molar-refractivity contribution in [2.24, 2.45) is 0 Å². The molecule has 0 spiro atoms. The number of benzene rings is 3. The number of hydrogen-bond acceptors (Lipinski definition) is 2. The summed E-state index contributed by atoms with van der Waals surface area (Å²) >= 11 is 4.71. The summed E-state index contributed by atoms with van der Waals surface area (Å²) in [5, 5.41) is 2.39. The van der Waals surface area contributed by atoms with E-state index in [4.69, 9.17) is 0 Å². The lowest BCUT2D eigenvalue weighted by Crippen LogP contribution is -2.25. The second kappa shape index (κ2) is 6.47. The molecule has 128 valence electrons. The molecule has 1 heterocycles. The van der Waals surface area contributed by atoms with Crippen molar-refractivity contribution in [2.75, 3.05) is 0 Å². The lowest BCUT2D eigenvalue weighted by atomic mass is 10.0. The monoisotopic (exact) mass is 575 g/mol. The van der Waals surface area contributed by atoms with Crippen molar-refractivity contribution in [2.45, 2.75) is 24.9 Å². The van der Waals surface area contributed by atoms with E-state index in [2.05, 4.69) is 57.3 Å². The maximum Gasteiger partial charge on any atom is 0.243 e. The van der Waals surface area contributed by atoms with Gasteiger partial charge in [0.05, 0.1) is 4.90 Å². The van der Waals surface area contributed by atoms with Crippen LogP contribution >= 0.6 is 45.2 Å². The van der Waals surface area contributed by atoms with Gasteiger partial charge in [0, 0.05) is 20.2 Å². The molecule has 0 bridgehead atoms. The molecule has 1 aliphatic rings. The average molecular weight is 575 g/mol. The standard InChI is InChI=1S/C19H15I2NO2S/c1-12-6-8-13(9-7-12)25(23,24)22-10-16-17(11-22)19(21)15-5-3-2-4-14(15)18(16)20/h2-9H,10-11H2,1H3. The first kappa shape index (κ1) is 17.7. The van der Waals surface area contributed by atoms with Crippen molar-refractivity contribution in [3.8, 4) is 0 Å². The van der Waals surface area contributed by atoms with Crippen LogP contribution in [0.4, 0.5) is 0 Å². The normalized spacial score (nSPS) is 14.8. The first-order chi connectivity index (χ1) is 11.9. The van der Waals surface area contributed by atoms with Crippen molar-refractivity contribution in [3.05, 3.63) is 72.4 Å². The molecule has 4 rings (SSSR count). The largest absolute Gasteiger partial charge is 0.243 e. The van der Waals surface area contributed by atoms with E-state index in [1.807, 2.05) is 31.2 Å². The molecule has 3 nitrogen and oxygen atoms in total. The third kappa shape index (κ3) is 2.90. The maximum absolute atomic E-state index is 13.1. The van der Waals surface area contributed by atoms with E-state index in [1.165, 1.54) is 10.8 Å². The number of sulfonamides is 1. The zero-order valence-electron chi connectivity index (χ0n) is 13.5. The minimum Gasteiger partial charge on any atom is -0.207 e. The van der Waals surface area contributed by atoms with E-state index in [-0.39, 0.29) is 0 Å². The van der Waals surface area contributed by atoms with Crippen LogP contribution in [0.25, 0.3) is 10.8 Å². The molecule has 0 radical (unpaired) electrons. The minimum atomic E-state index is -3.49. The predicted molar refractivity (Wildman–Crippen MR) is 117 cm³/mol. The van der Waals surface area contributed by atoms with Gasteiger partial charge in [-0.15, -0.1) is 0 Å². The molecule has 0 atom stereocenters. The quantitative estimate of drug-likeness (QED) is 0.401. The SMILES string of the molecule is Cc1ccc(S(=O)(=O)N2Cc3c(c(I)c4ccccc4c3I)C2)cc1. The van der Waals surface area contributed by atoms with Crippen molar-refractivity contribution in [1.82, 2.24) is 4.31 Å². The summed E-state index contributed by atoms with van der Waals surface area (Å²) in [5.74, 6) is 0. The summed E-state index contributed by atoms with van der Waals surface area (Å²) in [5.41, 5.74) is 3.33. The molecule has 3 aromatic carbocycles. The van der Waals surface area contributed by atoms with Crippen molar-refractivity contribution >= 4 is 66.0 Å². The van der Waals surface area contributed by atoms with Gasteiger partial charge in [-0.1, -0.05) is 42.0 Å². The van der Waals surface area contributed by atoms with Crippen LogP contribution in [0.15, 0.2) is 53.4 Å². The molecule has 0 unspecified atom stereocenters. The van der Waals surface area contributed by atoms with Crippen LogP contribution in [0.3, 0.4) is 0 Å². The zero-order valence-corrected chi connectivity index (χ0v) is 18.6. The molecule has 1 aliphatic heterocycles. The van der Waals surface area contributed by atoms with Crippen LogP contribution in [-0.4, -0.2) is 12.7 Å². The summed E-state index contributed by atoms with van der Waals surface area (Å²) in [6.07, 6.45) is 0. The number of halogens is 2. The lowest BCUT2D eigenvalue weighted by Gasteiger charge is -2.15. The van der Waals surface area contributed by atoms with Gasteiger partial charge in [-0.2, -0.15) is 4.31 Å². The van der Waals surface area contributed by atoms with Crippen LogP contribution in [0.1, 0.15) is 16.7 Å². The van der Waals surface area contributed by atoms with Crippen molar-refractivity contribution < 1.29 is 8.42 Å². The second-order valence-electron chi connectivity index (χ2n) is 6.22. The van der Waals surface area contributed by atoms with E-state index in [1.54, 1.807) is 16.4 Å². The molecule has 0 saturated heterocycles. The molecule has 0 saturated carbocycles.